The van der Waals surface area contributed by atoms with E-state index in [1.165, 1.54) is 0 Å². The number of carbonyl (C=O) groups excluding carboxylic acids is 2. The first-order chi connectivity index (χ1) is 8.81. The first-order valence-electron chi connectivity index (χ1n) is 6.68. The fraction of sp³-hybridized carbons (Fsp3) is 0.769. The fourth-order valence-corrected chi connectivity index (χ4v) is 2.64. The molecule has 0 spiro atoms. The van der Waals surface area contributed by atoms with Gasteiger partial charge in [0, 0.05) is 19.5 Å². The van der Waals surface area contributed by atoms with Crippen LogP contribution in [0.3, 0.4) is 0 Å². The first kappa shape index (κ1) is 15.9. The van der Waals surface area contributed by atoms with Crippen LogP contribution in [0.5, 0.6) is 0 Å². The van der Waals surface area contributed by atoms with Crippen LogP contribution in [-0.4, -0.2) is 34.8 Å². The second-order valence-electron chi connectivity index (χ2n) is 5.46. The molecule has 0 aromatic rings. The minimum Gasteiger partial charge on any atom is -0.392 e. The Morgan fingerprint density at radius 2 is 1.84 bits per heavy atom. The lowest BCUT2D eigenvalue weighted by atomic mass is 9.84. The van der Waals surface area contributed by atoms with Crippen LogP contribution in [0.25, 0.3) is 0 Å². The van der Waals surface area contributed by atoms with Crippen molar-refractivity contribution in [3.8, 4) is 0 Å². The van der Waals surface area contributed by atoms with E-state index in [-0.39, 0.29) is 16.8 Å². The largest absolute Gasteiger partial charge is 0.392 e. The molecule has 0 aromatic carbocycles. The van der Waals surface area contributed by atoms with Crippen molar-refractivity contribution < 1.29 is 9.59 Å². The van der Waals surface area contributed by atoms with Gasteiger partial charge in [-0.3, -0.25) is 9.59 Å². The number of hydrogen-bond acceptors (Lipinski definition) is 3. The highest BCUT2D eigenvalue weighted by atomic mass is 32.1. The van der Waals surface area contributed by atoms with Crippen molar-refractivity contribution in [1.82, 2.24) is 4.90 Å². The number of likely N-dealkylation sites (tertiary alicyclic amines) is 1. The topological polar surface area (TPSA) is 89.4 Å². The molecule has 1 aliphatic heterocycles. The van der Waals surface area contributed by atoms with Gasteiger partial charge in [-0.2, -0.15) is 0 Å². The molecule has 5 nitrogen and oxygen atoms in total. The van der Waals surface area contributed by atoms with Gasteiger partial charge in [0.15, 0.2) is 0 Å². The molecule has 4 N–H and O–H groups in total. The number of nitrogens with zero attached hydrogens (tertiary/aromatic N) is 1. The molecule has 1 unspecified atom stereocenters. The maximum Gasteiger partial charge on any atom is 0.235 e. The van der Waals surface area contributed by atoms with Gasteiger partial charge >= 0.3 is 0 Å². The smallest absolute Gasteiger partial charge is 0.235 e. The molecule has 0 bridgehead atoms. The Balaban J connectivity index is 2.62. The Hall–Kier alpha value is -1.17. The second kappa shape index (κ2) is 6.32. The highest BCUT2D eigenvalue weighted by Crippen LogP contribution is 2.28. The Kier molecular flexibility index (Phi) is 5.29. The number of piperidine rings is 1. The zero-order valence-corrected chi connectivity index (χ0v) is 12.5. The molecule has 0 radical (unpaired) electrons. The summed E-state index contributed by atoms with van der Waals surface area (Å²) in [6, 6.07) is 0. The molecule has 1 heterocycles. The van der Waals surface area contributed by atoms with E-state index in [2.05, 4.69) is 0 Å². The van der Waals surface area contributed by atoms with E-state index >= 15 is 0 Å². The quantitative estimate of drug-likeness (QED) is 0.731. The van der Waals surface area contributed by atoms with E-state index in [9.17, 15) is 9.59 Å². The molecule has 1 fully saturated rings. The number of rotatable bonds is 5. The Morgan fingerprint density at radius 1 is 1.32 bits per heavy atom. The summed E-state index contributed by atoms with van der Waals surface area (Å²) in [5.74, 6) is 0.0191. The molecule has 2 amide bonds. The van der Waals surface area contributed by atoms with Gasteiger partial charge in [-0.05, 0) is 32.1 Å². The van der Waals surface area contributed by atoms with E-state index in [0.29, 0.717) is 31.8 Å². The van der Waals surface area contributed by atoms with E-state index < -0.39 is 5.41 Å². The van der Waals surface area contributed by atoms with Gasteiger partial charge in [-0.15, -0.1) is 0 Å². The molecule has 0 aliphatic carbocycles. The molecule has 1 rings (SSSR count). The summed E-state index contributed by atoms with van der Waals surface area (Å²) in [6.45, 7) is 5.01. The number of primary amides is 1. The van der Waals surface area contributed by atoms with Crippen LogP contribution < -0.4 is 11.5 Å². The second-order valence-corrected chi connectivity index (χ2v) is 5.90. The average Bonchev–Trinajstić information content (AvgIpc) is 2.37. The number of amides is 2. The van der Waals surface area contributed by atoms with Gasteiger partial charge in [0.05, 0.1) is 10.4 Å². The van der Waals surface area contributed by atoms with Crippen LogP contribution in [0.1, 0.15) is 39.5 Å². The average molecular weight is 285 g/mol. The molecule has 1 saturated heterocycles. The van der Waals surface area contributed by atoms with Gasteiger partial charge in [0.1, 0.15) is 0 Å². The van der Waals surface area contributed by atoms with Crippen LogP contribution in [0, 0.1) is 11.3 Å². The van der Waals surface area contributed by atoms with Crippen molar-refractivity contribution >= 4 is 29.0 Å². The lowest BCUT2D eigenvalue weighted by molar-refractivity contribution is -0.139. The van der Waals surface area contributed by atoms with Gasteiger partial charge in [0.25, 0.3) is 0 Å². The van der Waals surface area contributed by atoms with Gasteiger partial charge in [-0.1, -0.05) is 19.1 Å². The normalized spacial score (nSPS) is 19.8. The SMILES string of the molecule is CCC(C)(C(=O)N1CCC(CC(N)=O)CC1)C(N)=S. The summed E-state index contributed by atoms with van der Waals surface area (Å²) in [4.78, 5) is 25.4. The fourth-order valence-electron chi connectivity index (χ4n) is 2.40. The molecular weight excluding hydrogens is 262 g/mol. The van der Waals surface area contributed by atoms with Crippen LogP contribution in [0.15, 0.2) is 0 Å². The van der Waals surface area contributed by atoms with Crippen LogP contribution in [0.2, 0.25) is 0 Å². The molecule has 1 aliphatic rings. The Labute approximate surface area is 119 Å². The minimum absolute atomic E-state index is 0.0000231. The van der Waals surface area contributed by atoms with Crippen molar-refractivity contribution in [2.75, 3.05) is 13.1 Å². The molecule has 0 saturated carbocycles. The van der Waals surface area contributed by atoms with Crippen molar-refractivity contribution in [3.63, 3.8) is 0 Å². The van der Waals surface area contributed by atoms with Crippen molar-refractivity contribution in [3.05, 3.63) is 0 Å². The zero-order valence-electron chi connectivity index (χ0n) is 11.6. The van der Waals surface area contributed by atoms with Crippen LogP contribution >= 0.6 is 12.2 Å². The maximum atomic E-state index is 12.5. The van der Waals surface area contributed by atoms with Gasteiger partial charge in [-0.25, -0.2) is 0 Å². The third kappa shape index (κ3) is 3.65. The van der Waals surface area contributed by atoms with E-state index in [4.69, 9.17) is 23.7 Å². The highest BCUT2D eigenvalue weighted by molar-refractivity contribution is 7.80. The highest BCUT2D eigenvalue weighted by Gasteiger charge is 2.39. The lowest BCUT2D eigenvalue weighted by Gasteiger charge is -2.37. The Bertz CT molecular complexity index is 378. The summed E-state index contributed by atoms with van der Waals surface area (Å²) in [5.41, 5.74) is 10.1. The first-order valence-corrected chi connectivity index (χ1v) is 7.09. The molecular formula is C13H23N3O2S. The third-order valence-corrected chi connectivity index (χ3v) is 4.57. The van der Waals surface area contributed by atoms with E-state index in [1.54, 1.807) is 11.8 Å². The molecule has 19 heavy (non-hydrogen) atoms. The number of nitrogens with two attached hydrogens (primary N) is 2. The van der Waals surface area contributed by atoms with E-state index in [0.717, 1.165) is 12.8 Å². The maximum absolute atomic E-state index is 12.5. The van der Waals surface area contributed by atoms with Crippen molar-refractivity contribution in [2.45, 2.75) is 39.5 Å². The van der Waals surface area contributed by atoms with Gasteiger partial charge < -0.3 is 16.4 Å². The molecule has 0 aromatic heterocycles. The summed E-state index contributed by atoms with van der Waals surface area (Å²) in [5, 5.41) is 0. The predicted molar refractivity (Wildman–Crippen MR) is 78.3 cm³/mol. The predicted octanol–water partition coefficient (Wildman–Crippen LogP) is 0.803. The van der Waals surface area contributed by atoms with Crippen LogP contribution in [0.4, 0.5) is 0 Å². The molecule has 6 heteroatoms. The lowest BCUT2D eigenvalue weighted by Crippen LogP contribution is -2.51. The molecule has 108 valence electrons. The monoisotopic (exact) mass is 285 g/mol. The number of thiocarbonyl (C=S) groups is 1. The number of hydrogen-bond donors (Lipinski definition) is 2. The summed E-state index contributed by atoms with van der Waals surface area (Å²) in [7, 11) is 0. The zero-order chi connectivity index (χ0) is 14.6. The standard InChI is InChI=1S/C13H23N3O2S/c1-3-13(2,11(15)19)12(18)16-6-4-9(5-7-16)8-10(14)17/h9H,3-8H2,1-2H3,(H2,14,17)(H2,15,19). The van der Waals surface area contributed by atoms with E-state index in [1.807, 2.05) is 6.92 Å². The van der Waals surface area contributed by atoms with Crippen molar-refractivity contribution in [1.29, 1.82) is 0 Å². The molecule has 1 atom stereocenters. The Morgan fingerprint density at radius 3 is 2.21 bits per heavy atom. The minimum atomic E-state index is -0.758. The van der Waals surface area contributed by atoms with Crippen molar-refractivity contribution in [2.24, 2.45) is 22.8 Å². The van der Waals surface area contributed by atoms with Crippen LogP contribution in [-0.2, 0) is 9.59 Å². The summed E-state index contributed by atoms with van der Waals surface area (Å²) in [6.07, 6.45) is 2.63. The third-order valence-electron chi connectivity index (χ3n) is 4.11. The summed E-state index contributed by atoms with van der Waals surface area (Å²) < 4.78 is 0. The van der Waals surface area contributed by atoms with Gasteiger partial charge in [0.2, 0.25) is 11.8 Å². The summed E-state index contributed by atoms with van der Waals surface area (Å²) >= 11 is 5.02. The number of carbonyl (C=O) groups is 2.